The lowest BCUT2D eigenvalue weighted by molar-refractivity contribution is 0.0290. The average molecular weight is 305 g/mol. The molecule has 6 heteroatoms. The highest BCUT2D eigenvalue weighted by Crippen LogP contribution is 2.36. The zero-order valence-corrected chi connectivity index (χ0v) is 12.6. The van der Waals surface area contributed by atoms with Crippen molar-refractivity contribution < 1.29 is 13.7 Å². The van der Waals surface area contributed by atoms with Crippen LogP contribution in [0, 0.1) is 5.82 Å². The van der Waals surface area contributed by atoms with Gasteiger partial charge in [0.15, 0.2) is 5.82 Å². The van der Waals surface area contributed by atoms with Crippen LogP contribution in [-0.4, -0.2) is 29.4 Å². The summed E-state index contributed by atoms with van der Waals surface area (Å²) in [6, 6.07) is 6.31. The highest BCUT2D eigenvalue weighted by molar-refractivity contribution is 5.20. The van der Waals surface area contributed by atoms with Gasteiger partial charge < -0.3 is 15.0 Å². The summed E-state index contributed by atoms with van der Waals surface area (Å²) in [6.07, 6.45) is 1.98. The van der Waals surface area contributed by atoms with Crippen molar-refractivity contribution in [3.63, 3.8) is 0 Å². The Balaban J connectivity index is 1.83. The largest absolute Gasteiger partial charge is 0.381 e. The summed E-state index contributed by atoms with van der Waals surface area (Å²) in [5.41, 5.74) is 6.67. The molecule has 0 saturated carbocycles. The normalized spacial score (nSPS) is 19.0. The Labute approximate surface area is 128 Å². The number of nitrogens with two attached hydrogens (primary N) is 1. The van der Waals surface area contributed by atoms with Crippen molar-refractivity contribution in [3.8, 4) is 0 Å². The summed E-state index contributed by atoms with van der Waals surface area (Å²) in [7, 11) is 0. The van der Waals surface area contributed by atoms with E-state index in [0.717, 1.165) is 18.4 Å². The average Bonchev–Trinajstić information content (AvgIpc) is 2.97. The topological polar surface area (TPSA) is 74.2 Å². The van der Waals surface area contributed by atoms with Crippen molar-refractivity contribution in [2.24, 2.45) is 5.73 Å². The number of rotatable bonds is 4. The van der Waals surface area contributed by atoms with Gasteiger partial charge in [0.1, 0.15) is 5.82 Å². The van der Waals surface area contributed by atoms with Crippen LogP contribution in [0.2, 0.25) is 0 Å². The minimum absolute atomic E-state index is 0.0983. The summed E-state index contributed by atoms with van der Waals surface area (Å²) in [5.74, 6) is 0.849. The lowest BCUT2D eigenvalue weighted by atomic mass is 9.74. The first-order valence-electron chi connectivity index (χ1n) is 7.51. The minimum Gasteiger partial charge on any atom is -0.381 e. The number of hydrogen-bond acceptors (Lipinski definition) is 5. The third kappa shape index (κ3) is 2.89. The lowest BCUT2D eigenvalue weighted by Gasteiger charge is -2.36. The van der Waals surface area contributed by atoms with Gasteiger partial charge in [-0.3, -0.25) is 0 Å². The zero-order chi connectivity index (χ0) is 15.6. The van der Waals surface area contributed by atoms with Gasteiger partial charge in [0, 0.05) is 25.7 Å². The molecule has 2 aromatic rings. The first-order chi connectivity index (χ1) is 10.6. The molecule has 1 unspecified atom stereocenters. The van der Waals surface area contributed by atoms with Crippen LogP contribution in [0.4, 0.5) is 4.39 Å². The summed E-state index contributed by atoms with van der Waals surface area (Å²) in [6.45, 7) is 3.24. The van der Waals surface area contributed by atoms with Crippen LogP contribution in [0.15, 0.2) is 28.8 Å². The maximum absolute atomic E-state index is 13.2. The van der Waals surface area contributed by atoms with E-state index in [9.17, 15) is 4.39 Å². The summed E-state index contributed by atoms with van der Waals surface area (Å²) in [5, 5.41) is 4.04. The molecule has 1 fully saturated rings. The molecule has 1 aliphatic rings. The number of ether oxygens (including phenoxy) is 1. The second-order valence-corrected chi connectivity index (χ2v) is 5.88. The molecule has 1 atom stereocenters. The van der Waals surface area contributed by atoms with Crippen molar-refractivity contribution in [2.75, 3.05) is 13.2 Å². The minimum atomic E-state index is -0.328. The fourth-order valence-corrected chi connectivity index (χ4v) is 2.96. The standard InChI is InChI=1S/C16H20FN3O2/c1-11(18)16(5-7-21-8-6-16)15-19-14(20-22-15)10-12-3-2-4-13(17)9-12/h2-4,9,11H,5-8,10,18H2,1H3. The van der Waals surface area contributed by atoms with Crippen molar-refractivity contribution in [3.05, 3.63) is 47.4 Å². The fourth-order valence-electron chi connectivity index (χ4n) is 2.96. The van der Waals surface area contributed by atoms with Gasteiger partial charge in [0.05, 0.1) is 5.41 Å². The van der Waals surface area contributed by atoms with E-state index < -0.39 is 0 Å². The molecular weight excluding hydrogens is 285 g/mol. The Morgan fingerprint density at radius 1 is 1.36 bits per heavy atom. The van der Waals surface area contributed by atoms with Gasteiger partial charge in [-0.2, -0.15) is 4.98 Å². The Morgan fingerprint density at radius 2 is 2.14 bits per heavy atom. The van der Waals surface area contributed by atoms with Gasteiger partial charge >= 0.3 is 0 Å². The third-order valence-electron chi connectivity index (χ3n) is 4.40. The molecule has 0 spiro atoms. The fraction of sp³-hybridized carbons (Fsp3) is 0.500. The number of aromatic nitrogens is 2. The molecule has 0 aliphatic carbocycles. The predicted octanol–water partition coefficient (Wildman–Crippen LogP) is 2.19. The molecule has 1 aromatic heterocycles. The first kappa shape index (κ1) is 15.1. The predicted molar refractivity (Wildman–Crippen MR) is 78.9 cm³/mol. The smallest absolute Gasteiger partial charge is 0.234 e. The molecule has 3 rings (SSSR count). The molecule has 22 heavy (non-hydrogen) atoms. The van der Waals surface area contributed by atoms with Crippen LogP contribution in [0.1, 0.15) is 37.0 Å². The van der Waals surface area contributed by atoms with Gasteiger partial charge in [-0.15, -0.1) is 0 Å². The van der Waals surface area contributed by atoms with Gasteiger partial charge in [-0.25, -0.2) is 4.39 Å². The Morgan fingerprint density at radius 3 is 2.82 bits per heavy atom. The maximum Gasteiger partial charge on any atom is 0.234 e. The molecule has 1 aliphatic heterocycles. The van der Waals surface area contributed by atoms with Crippen LogP contribution in [0.25, 0.3) is 0 Å². The van der Waals surface area contributed by atoms with E-state index in [-0.39, 0.29) is 17.3 Å². The third-order valence-corrected chi connectivity index (χ3v) is 4.40. The number of hydrogen-bond donors (Lipinski definition) is 1. The van der Waals surface area contributed by atoms with Gasteiger partial charge in [0.2, 0.25) is 5.89 Å². The van der Waals surface area contributed by atoms with Crippen molar-refractivity contribution in [1.82, 2.24) is 10.1 Å². The summed E-state index contributed by atoms with van der Waals surface area (Å²) in [4.78, 5) is 4.52. The molecule has 2 heterocycles. The van der Waals surface area contributed by atoms with Crippen molar-refractivity contribution >= 4 is 0 Å². The highest BCUT2D eigenvalue weighted by Gasteiger charge is 2.43. The molecule has 1 aromatic carbocycles. The highest BCUT2D eigenvalue weighted by atomic mass is 19.1. The van der Waals surface area contributed by atoms with E-state index in [4.69, 9.17) is 15.0 Å². The van der Waals surface area contributed by atoms with Crippen LogP contribution in [0.3, 0.4) is 0 Å². The van der Waals surface area contributed by atoms with Gasteiger partial charge in [0.25, 0.3) is 0 Å². The van der Waals surface area contributed by atoms with E-state index in [0.29, 0.717) is 31.3 Å². The Kier molecular flexibility index (Phi) is 4.22. The second-order valence-electron chi connectivity index (χ2n) is 5.88. The van der Waals surface area contributed by atoms with Crippen LogP contribution < -0.4 is 5.73 Å². The van der Waals surface area contributed by atoms with E-state index in [1.807, 2.05) is 13.0 Å². The maximum atomic E-state index is 13.2. The van der Waals surface area contributed by atoms with Crippen LogP contribution in [0.5, 0.6) is 0 Å². The molecule has 5 nitrogen and oxygen atoms in total. The van der Waals surface area contributed by atoms with Crippen LogP contribution in [-0.2, 0) is 16.6 Å². The van der Waals surface area contributed by atoms with Crippen molar-refractivity contribution in [2.45, 2.75) is 37.6 Å². The first-order valence-corrected chi connectivity index (χ1v) is 7.51. The lowest BCUT2D eigenvalue weighted by Crippen LogP contribution is -2.47. The Bertz CT molecular complexity index is 636. The monoisotopic (exact) mass is 305 g/mol. The number of halogens is 1. The van der Waals surface area contributed by atoms with Gasteiger partial charge in [-0.05, 0) is 37.5 Å². The second kappa shape index (κ2) is 6.14. The summed E-state index contributed by atoms with van der Waals surface area (Å²) < 4.78 is 24.1. The van der Waals surface area contributed by atoms with Crippen LogP contribution >= 0.6 is 0 Å². The van der Waals surface area contributed by atoms with E-state index >= 15 is 0 Å². The summed E-state index contributed by atoms with van der Waals surface area (Å²) >= 11 is 0. The number of nitrogens with zero attached hydrogens (tertiary/aromatic N) is 2. The quantitative estimate of drug-likeness (QED) is 0.937. The molecule has 118 valence electrons. The SMILES string of the molecule is CC(N)C1(c2nc(Cc3cccc(F)c3)no2)CCOCC1. The molecule has 0 amide bonds. The van der Waals surface area contributed by atoms with E-state index in [1.54, 1.807) is 6.07 Å². The van der Waals surface area contributed by atoms with Gasteiger partial charge in [-0.1, -0.05) is 17.3 Å². The van der Waals surface area contributed by atoms with E-state index in [2.05, 4.69) is 10.1 Å². The number of benzene rings is 1. The molecular formula is C16H20FN3O2. The molecule has 1 saturated heterocycles. The van der Waals surface area contributed by atoms with E-state index in [1.165, 1.54) is 12.1 Å². The van der Waals surface area contributed by atoms with Crippen molar-refractivity contribution in [1.29, 1.82) is 0 Å². The molecule has 0 radical (unpaired) electrons. The molecule has 0 bridgehead atoms. The molecule has 2 N–H and O–H groups in total. The zero-order valence-electron chi connectivity index (χ0n) is 12.6. The Hall–Kier alpha value is -1.79.